The molecule has 0 atom stereocenters. The van der Waals surface area contributed by atoms with Crippen molar-refractivity contribution < 1.29 is 4.79 Å². The number of carbonyl (C=O) groups is 1. The molecule has 2 heterocycles. The summed E-state index contributed by atoms with van der Waals surface area (Å²) in [5.41, 5.74) is 7.04. The second-order valence-electron chi connectivity index (χ2n) is 3.84. The van der Waals surface area contributed by atoms with Crippen molar-refractivity contribution in [2.75, 3.05) is 11.1 Å². The maximum atomic E-state index is 12.0. The van der Waals surface area contributed by atoms with Crippen LogP contribution in [0.4, 0.5) is 11.4 Å². The standard InChI is InChI=1S/C13H10N2OS2/c14-8-1-3-9(4-2-8)15-13(16)12-7-11-10(18-12)5-6-17-11/h1-7H,14H2,(H,15,16). The summed E-state index contributed by atoms with van der Waals surface area (Å²) in [6, 6.07) is 11.1. The van der Waals surface area contributed by atoms with Crippen LogP contribution >= 0.6 is 22.7 Å². The summed E-state index contributed by atoms with van der Waals surface area (Å²) in [5, 5.41) is 4.89. The zero-order valence-corrected chi connectivity index (χ0v) is 11.0. The lowest BCUT2D eigenvalue weighted by atomic mass is 10.3. The molecule has 5 heteroatoms. The second kappa shape index (κ2) is 4.44. The molecule has 0 aliphatic heterocycles. The van der Waals surface area contributed by atoms with Crippen LogP contribution < -0.4 is 11.1 Å². The van der Waals surface area contributed by atoms with Gasteiger partial charge in [-0.1, -0.05) is 0 Å². The van der Waals surface area contributed by atoms with Crippen LogP contribution in [0.25, 0.3) is 9.40 Å². The van der Waals surface area contributed by atoms with Gasteiger partial charge in [0.25, 0.3) is 5.91 Å². The second-order valence-corrected chi connectivity index (χ2v) is 5.87. The molecule has 1 aromatic carbocycles. The van der Waals surface area contributed by atoms with Gasteiger partial charge in [0.2, 0.25) is 0 Å². The number of hydrogen-bond acceptors (Lipinski definition) is 4. The van der Waals surface area contributed by atoms with Crippen LogP contribution in [-0.2, 0) is 0 Å². The molecule has 0 aliphatic rings. The third kappa shape index (κ3) is 2.10. The third-order valence-corrected chi connectivity index (χ3v) is 4.62. The van der Waals surface area contributed by atoms with E-state index < -0.39 is 0 Å². The highest BCUT2D eigenvalue weighted by Crippen LogP contribution is 2.30. The normalized spacial score (nSPS) is 10.7. The molecular formula is C13H10N2OS2. The lowest BCUT2D eigenvalue weighted by Crippen LogP contribution is -2.09. The Morgan fingerprint density at radius 1 is 1.11 bits per heavy atom. The molecule has 1 amide bonds. The number of fused-ring (bicyclic) bond motifs is 1. The van der Waals surface area contributed by atoms with Crippen LogP contribution in [0.3, 0.4) is 0 Å². The number of rotatable bonds is 2. The fourth-order valence-electron chi connectivity index (χ4n) is 1.64. The first-order chi connectivity index (χ1) is 8.72. The number of nitrogens with two attached hydrogens (primary N) is 1. The van der Waals surface area contributed by atoms with Crippen molar-refractivity contribution in [2.45, 2.75) is 0 Å². The number of amides is 1. The lowest BCUT2D eigenvalue weighted by molar-refractivity contribution is 0.103. The molecule has 3 rings (SSSR count). The maximum absolute atomic E-state index is 12.0. The fraction of sp³-hybridized carbons (Fsp3) is 0. The summed E-state index contributed by atoms with van der Waals surface area (Å²) in [7, 11) is 0. The highest BCUT2D eigenvalue weighted by Gasteiger charge is 2.10. The zero-order chi connectivity index (χ0) is 12.5. The molecule has 3 aromatic rings. The highest BCUT2D eigenvalue weighted by molar-refractivity contribution is 7.27. The van der Waals surface area contributed by atoms with Crippen molar-refractivity contribution in [3.05, 3.63) is 46.7 Å². The van der Waals surface area contributed by atoms with Crippen molar-refractivity contribution in [3.63, 3.8) is 0 Å². The minimum atomic E-state index is -0.0758. The van der Waals surface area contributed by atoms with Gasteiger partial charge in [-0.2, -0.15) is 0 Å². The fourth-order valence-corrected chi connectivity index (χ4v) is 3.64. The first kappa shape index (κ1) is 11.3. The third-order valence-electron chi connectivity index (χ3n) is 2.53. The molecule has 0 unspecified atom stereocenters. The molecule has 3 nitrogen and oxygen atoms in total. The molecule has 0 saturated heterocycles. The van der Waals surface area contributed by atoms with Gasteiger partial charge in [-0.25, -0.2) is 0 Å². The summed E-state index contributed by atoms with van der Waals surface area (Å²) >= 11 is 3.16. The van der Waals surface area contributed by atoms with E-state index >= 15 is 0 Å². The number of nitrogen functional groups attached to an aromatic ring is 1. The number of benzene rings is 1. The molecule has 0 saturated carbocycles. The predicted octanol–water partition coefficient (Wildman–Crippen LogP) is 3.80. The van der Waals surface area contributed by atoms with E-state index in [4.69, 9.17) is 5.73 Å². The Kier molecular flexibility index (Phi) is 2.77. The molecule has 3 N–H and O–H groups in total. The number of hydrogen-bond donors (Lipinski definition) is 2. The Hall–Kier alpha value is -1.85. The van der Waals surface area contributed by atoms with E-state index in [0.29, 0.717) is 5.69 Å². The minimum absolute atomic E-state index is 0.0758. The maximum Gasteiger partial charge on any atom is 0.265 e. The molecule has 0 bridgehead atoms. The van der Waals surface area contributed by atoms with Crippen LogP contribution in [-0.4, -0.2) is 5.91 Å². The molecule has 0 spiro atoms. The molecule has 2 aromatic heterocycles. The van der Waals surface area contributed by atoms with E-state index in [9.17, 15) is 4.79 Å². The van der Waals surface area contributed by atoms with Gasteiger partial charge < -0.3 is 11.1 Å². The van der Waals surface area contributed by atoms with Gasteiger partial charge in [-0.3, -0.25) is 4.79 Å². The average molecular weight is 274 g/mol. The van der Waals surface area contributed by atoms with Crippen LogP contribution in [0, 0.1) is 0 Å². The minimum Gasteiger partial charge on any atom is -0.399 e. The van der Waals surface area contributed by atoms with Gasteiger partial charge in [0, 0.05) is 20.8 Å². The number of thiophene rings is 2. The van der Waals surface area contributed by atoms with Crippen LogP contribution in [0.2, 0.25) is 0 Å². The van der Waals surface area contributed by atoms with Crippen molar-refractivity contribution in [2.24, 2.45) is 0 Å². The Morgan fingerprint density at radius 3 is 2.61 bits per heavy atom. The van der Waals surface area contributed by atoms with E-state index in [-0.39, 0.29) is 5.91 Å². The smallest absolute Gasteiger partial charge is 0.265 e. The summed E-state index contributed by atoms with van der Waals surface area (Å²) in [5.74, 6) is -0.0758. The Labute approximate surface area is 112 Å². The van der Waals surface area contributed by atoms with E-state index in [1.807, 2.05) is 17.5 Å². The Morgan fingerprint density at radius 2 is 1.89 bits per heavy atom. The summed E-state index contributed by atoms with van der Waals surface area (Å²) in [6.07, 6.45) is 0. The first-order valence-electron chi connectivity index (χ1n) is 5.36. The molecule has 0 aliphatic carbocycles. The van der Waals surface area contributed by atoms with E-state index in [1.54, 1.807) is 35.6 Å². The first-order valence-corrected chi connectivity index (χ1v) is 7.06. The van der Waals surface area contributed by atoms with Crippen molar-refractivity contribution in [1.29, 1.82) is 0 Å². The van der Waals surface area contributed by atoms with Crippen molar-refractivity contribution in [1.82, 2.24) is 0 Å². The van der Waals surface area contributed by atoms with Gasteiger partial charge in [-0.05, 0) is 41.8 Å². The van der Waals surface area contributed by atoms with Crippen LogP contribution in [0.5, 0.6) is 0 Å². The van der Waals surface area contributed by atoms with Crippen LogP contribution in [0.15, 0.2) is 41.8 Å². The van der Waals surface area contributed by atoms with Crippen molar-refractivity contribution in [3.8, 4) is 0 Å². The summed E-state index contributed by atoms with van der Waals surface area (Å²) in [6.45, 7) is 0. The number of anilines is 2. The highest BCUT2D eigenvalue weighted by atomic mass is 32.1. The molecular weight excluding hydrogens is 264 g/mol. The molecule has 90 valence electrons. The summed E-state index contributed by atoms with van der Waals surface area (Å²) < 4.78 is 2.31. The molecule has 0 radical (unpaired) electrons. The number of carbonyl (C=O) groups excluding carboxylic acids is 1. The zero-order valence-electron chi connectivity index (χ0n) is 9.34. The summed E-state index contributed by atoms with van der Waals surface area (Å²) in [4.78, 5) is 12.8. The van der Waals surface area contributed by atoms with E-state index in [2.05, 4.69) is 5.32 Å². The van der Waals surface area contributed by atoms with Gasteiger partial charge >= 0.3 is 0 Å². The van der Waals surface area contributed by atoms with Crippen LogP contribution in [0.1, 0.15) is 9.67 Å². The molecule has 18 heavy (non-hydrogen) atoms. The number of nitrogens with one attached hydrogen (secondary N) is 1. The average Bonchev–Trinajstić information content (AvgIpc) is 2.92. The Balaban J connectivity index is 1.82. The lowest BCUT2D eigenvalue weighted by Gasteiger charge is -2.03. The largest absolute Gasteiger partial charge is 0.399 e. The van der Waals surface area contributed by atoms with Gasteiger partial charge in [0.15, 0.2) is 0 Å². The molecule has 0 fully saturated rings. The van der Waals surface area contributed by atoms with E-state index in [1.165, 1.54) is 11.3 Å². The van der Waals surface area contributed by atoms with Gasteiger partial charge in [0.05, 0.1) is 4.88 Å². The Bertz CT molecular complexity index is 669. The SMILES string of the molecule is Nc1ccc(NC(=O)c2cc3sccc3s2)cc1. The monoisotopic (exact) mass is 274 g/mol. The topological polar surface area (TPSA) is 55.1 Å². The van der Waals surface area contributed by atoms with E-state index in [0.717, 1.165) is 20.0 Å². The van der Waals surface area contributed by atoms with Gasteiger partial charge in [-0.15, -0.1) is 22.7 Å². The quantitative estimate of drug-likeness (QED) is 0.698. The van der Waals surface area contributed by atoms with Crippen molar-refractivity contribution >= 4 is 49.4 Å². The predicted molar refractivity (Wildman–Crippen MR) is 78.5 cm³/mol. The van der Waals surface area contributed by atoms with Gasteiger partial charge in [0.1, 0.15) is 0 Å².